The average Bonchev–Trinajstić information content (AvgIpc) is 3.36. The number of hydrogen-bond acceptors (Lipinski definition) is 9. The zero-order chi connectivity index (χ0) is 23.5. The molecular formula is C22H27N5O5S. The van der Waals surface area contributed by atoms with E-state index in [0.717, 1.165) is 4.90 Å². The summed E-state index contributed by atoms with van der Waals surface area (Å²) in [6, 6.07) is 8.19. The van der Waals surface area contributed by atoms with E-state index in [1.807, 2.05) is 38.1 Å². The van der Waals surface area contributed by atoms with Crippen LogP contribution in [0.1, 0.15) is 32.1 Å². The second-order valence-electron chi connectivity index (χ2n) is 7.76. The molecule has 176 valence electrons. The predicted molar refractivity (Wildman–Crippen MR) is 124 cm³/mol. The zero-order valence-electron chi connectivity index (χ0n) is 18.9. The molecule has 0 saturated carbocycles. The lowest BCUT2D eigenvalue weighted by molar-refractivity contribution is -0.153. The predicted octanol–water partition coefficient (Wildman–Crippen LogP) is 2.84. The van der Waals surface area contributed by atoms with Gasteiger partial charge in [0.25, 0.3) is 5.56 Å². The number of aromatic nitrogens is 4. The van der Waals surface area contributed by atoms with Crippen LogP contribution in [-0.2, 0) is 19.0 Å². The number of aromatic amines is 1. The topological polar surface area (TPSA) is 120 Å². The molecular weight excluding hydrogens is 446 g/mol. The maximum atomic E-state index is 12.6. The van der Waals surface area contributed by atoms with Gasteiger partial charge in [0.05, 0.1) is 18.3 Å². The summed E-state index contributed by atoms with van der Waals surface area (Å²) in [6.07, 6.45) is -0.0450. The van der Waals surface area contributed by atoms with E-state index in [1.54, 1.807) is 16.3 Å². The number of benzene rings is 1. The number of rotatable bonds is 8. The fourth-order valence-electron chi connectivity index (χ4n) is 3.86. The van der Waals surface area contributed by atoms with Crippen molar-refractivity contribution in [2.45, 2.75) is 56.6 Å². The first-order valence-corrected chi connectivity index (χ1v) is 11.7. The van der Waals surface area contributed by atoms with Crippen molar-refractivity contribution in [2.24, 2.45) is 0 Å². The third-order valence-electron chi connectivity index (χ3n) is 5.47. The number of nitrogens with zero attached hydrogens (tertiary/aromatic N) is 3. The summed E-state index contributed by atoms with van der Waals surface area (Å²) in [5.74, 6) is 0.426. The molecule has 0 bridgehead atoms. The van der Waals surface area contributed by atoms with Crippen molar-refractivity contribution >= 4 is 34.8 Å². The summed E-state index contributed by atoms with van der Waals surface area (Å²) < 4.78 is 18.9. The Morgan fingerprint density at radius 2 is 2.06 bits per heavy atom. The van der Waals surface area contributed by atoms with Crippen LogP contribution >= 0.6 is 11.8 Å². The van der Waals surface area contributed by atoms with E-state index in [9.17, 15) is 9.59 Å². The fourth-order valence-corrected chi connectivity index (χ4v) is 4.57. The highest BCUT2D eigenvalue weighted by Crippen LogP contribution is 2.36. The van der Waals surface area contributed by atoms with Gasteiger partial charge in [0.15, 0.2) is 23.5 Å². The summed E-state index contributed by atoms with van der Waals surface area (Å²) in [5.41, 5.74) is 1.38. The monoisotopic (exact) mass is 473 g/mol. The minimum atomic E-state index is -0.654. The van der Waals surface area contributed by atoms with Gasteiger partial charge in [-0.2, -0.15) is 4.98 Å². The quantitative estimate of drug-likeness (QED) is 0.289. The van der Waals surface area contributed by atoms with Crippen LogP contribution in [0.25, 0.3) is 11.2 Å². The van der Waals surface area contributed by atoms with E-state index >= 15 is 0 Å². The number of nitrogens with one attached hydrogen (secondary N) is 2. The van der Waals surface area contributed by atoms with Crippen LogP contribution in [0.5, 0.6) is 0 Å². The van der Waals surface area contributed by atoms with Gasteiger partial charge in [-0.1, -0.05) is 24.6 Å². The largest absolute Gasteiger partial charge is 0.457 e. The first-order valence-electron chi connectivity index (χ1n) is 10.7. The molecule has 1 saturated heterocycles. The minimum Gasteiger partial charge on any atom is -0.457 e. The lowest BCUT2D eigenvalue weighted by atomic mass is 10.1. The normalized spacial score (nSPS) is 22.5. The van der Waals surface area contributed by atoms with E-state index in [1.165, 1.54) is 25.9 Å². The van der Waals surface area contributed by atoms with E-state index < -0.39 is 24.4 Å². The van der Waals surface area contributed by atoms with E-state index in [4.69, 9.17) is 14.2 Å². The smallest absolute Gasteiger partial charge is 0.303 e. The van der Waals surface area contributed by atoms with Crippen molar-refractivity contribution in [3.05, 3.63) is 46.5 Å². The van der Waals surface area contributed by atoms with Crippen molar-refractivity contribution < 1.29 is 19.0 Å². The molecule has 1 unspecified atom stereocenters. The van der Waals surface area contributed by atoms with E-state index in [0.29, 0.717) is 23.9 Å². The van der Waals surface area contributed by atoms with Crippen LogP contribution in [0, 0.1) is 6.92 Å². The summed E-state index contributed by atoms with van der Waals surface area (Å²) in [6.45, 7) is 5.34. The van der Waals surface area contributed by atoms with Crippen LogP contribution < -0.4 is 10.9 Å². The third-order valence-corrected chi connectivity index (χ3v) is 6.36. The summed E-state index contributed by atoms with van der Waals surface area (Å²) in [5, 5.41) is 3.14. The van der Waals surface area contributed by atoms with Crippen LogP contribution in [0.15, 0.2) is 40.3 Å². The number of esters is 1. The van der Waals surface area contributed by atoms with Gasteiger partial charge in [-0.25, -0.2) is 4.98 Å². The van der Waals surface area contributed by atoms with Crippen molar-refractivity contribution in [1.29, 1.82) is 0 Å². The van der Waals surface area contributed by atoms with Gasteiger partial charge in [0.1, 0.15) is 6.10 Å². The lowest BCUT2D eigenvalue weighted by Gasteiger charge is -2.22. The second-order valence-corrected chi connectivity index (χ2v) is 8.81. The van der Waals surface area contributed by atoms with Crippen LogP contribution in [0.3, 0.4) is 0 Å². The van der Waals surface area contributed by atoms with Gasteiger partial charge < -0.3 is 19.5 Å². The Morgan fingerprint density at radius 1 is 1.30 bits per heavy atom. The van der Waals surface area contributed by atoms with Crippen molar-refractivity contribution in [1.82, 2.24) is 19.5 Å². The summed E-state index contributed by atoms with van der Waals surface area (Å²) >= 11 is 1.59. The Labute approximate surface area is 195 Å². The second kappa shape index (κ2) is 9.94. The summed E-state index contributed by atoms with van der Waals surface area (Å²) in [7, 11) is 1.53. The molecule has 10 nitrogen and oxygen atoms in total. The molecule has 3 aromatic rings. The maximum absolute atomic E-state index is 12.6. The molecule has 33 heavy (non-hydrogen) atoms. The first-order chi connectivity index (χ1) is 15.9. The number of hydrogen-bond donors (Lipinski definition) is 2. The molecule has 0 spiro atoms. The van der Waals surface area contributed by atoms with Crippen molar-refractivity contribution in [3.63, 3.8) is 0 Å². The number of carbonyl (C=O) groups is 1. The third kappa shape index (κ3) is 4.90. The number of H-pyrrole nitrogens is 1. The van der Waals surface area contributed by atoms with E-state index in [-0.39, 0.29) is 17.2 Å². The molecule has 0 radical (unpaired) electrons. The number of carbonyl (C=O) groups excluding carboxylic acids is 1. The SMILES string of the molecule is CC[C@H]1O[C@@H](n2cnc3c(=O)[nH]c(NCSc4ccc(C)cc4)nc32)C(OC)[C@H]1OC(C)=O. The molecule has 0 aliphatic carbocycles. The Kier molecular flexibility index (Phi) is 7.01. The molecule has 11 heteroatoms. The maximum Gasteiger partial charge on any atom is 0.303 e. The highest BCUT2D eigenvalue weighted by atomic mass is 32.2. The standard InChI is InChI=1S/C22H27N5O5S/c1-5-15-17(31-13(3)28)18(30-4)21(32-15)27-10-23-16-19(27)25-22(26-20(16)29)24-11-33-14-8-6-12(2)7-9-14/h6-10,15,17-18,21H,5,11H2,1-4H3,(H2,24,25,26,29)/t15-,17+,18?,21-/m1/s1. The number of imidazole rings is 1. The number of anilines is 1. The summed E-state index contributed by atoms with van der Waals surface area (Å²) in [4.78, 5) is 36.9. The van der Waals surface area contributed by atoms with Gasteiger partial charge in [0.2, 0.25) is 5.95 Å². The van der Waals surface area contributed by atoms with Gasteiger partial charge >= 0.3 is 5.97 Å². The molecule has 3 heterocycles. The molecule has 4 atom stereocenters. The Bertz CT molecular complexity index is 1180. The molecule has 0 amide bonds. The molecule has 2 aromatic heterocycles. The average molecular weight is 474 g/mol. The Balaban J connectivity index is 1.58. The van der Waals surface area contributed by atoms with Crippen LogP contribution in [0.4, 0.5) is 5.95 Å². The number of methoxy groups -OCH3 is 1. The van der Waals surface area contributed by atoms with Crippen molar-refractivity contribution in [3.8, 4) is 0 Å². The fraction of sp³-hybridized carbons (Fsp3) is 0.455. The first kappa shape index (κ1) is 23.3. The highest BCUT2D eigenvalue weighted by Gasteiger charge is 2.47. The number of ether oxygens (including phenoxy) is 3. The van der Waals surface area contributed by atoms with Gasteiger partial charge in [-0.15, -0.1) is 11.8 Å². The van der Waals surface area contributed by atoms with Gasteiger partial charge in [-0.3, -0.25) is 19.1 Å². The van der Waals surface area contributed by atoms with Gasteiger partial charge in [-0.05, 0) is 25.5 Å². The van der Waals surface area contributed by atoms with Crippen LogP contribution in [-0.4, -0.2) is 56.8 Å². The number of aryl methyl sites for hydroxylation is 1. The Hall–Kier alpha value is -2.89. The molecule has 1 fully saturated rings. The lowest BCUT2D eigenvalue weighted by Crippen LogP contribution is -2.37. The van der Waals surface area contributed by atoms with Crippen molar-refractivity contribution in [2.75, 3.05) is 18.3 Å². The molecule has 1 aliphatic heterocycles. The Morgan fingerprint density at radius 3 is 2.73 bits per heavy atom. The van der Waals surface area contributed by atoms with E-state index in [2.05, 4.69) is 20.3 Å². The highest BCUT2D eigenvalue weighted by molar-refractivity contribution is 7.99. The molecule has 1 aliphatic rings. The zero-order valence-corrected chi connectivity index (χ0v) is 19.7. The molecule has 2 N–H and O–H groups in total. The van der Waals surface area contributed by atoms with Crippen LogP contribution in [0.2, 0.25) is 0 Å². The number of thioether (sulfide) groups is 1. The molecule has 4 rings (SSSR count). The molecule has 1 aromatic carbocycles. The minimum absolute atomic E-state index is 0.189. The number of fused-ring (bicyclic) bond motifs is 1. The van der Waals surface area contributed by atoms with Gasteiger partial charge in [0, 0.05) is 18.9 Å².